The Balaban J connectivity index is 1.18. The Bertz CT molecular complexity index is 3000. The second-order valence-electron chi connectivity index (χ2n) is 22.9. The number of rotatable bonds is 11. The van der Waals surface area contributed by atoms with Crippen LogP contribution in [0.2, 0.25) is 0 Å². The van der Waals surface area contributed by atoms with Gasteiger partial charge in [0.05, 0.1) is 35.6 Å². The van der Waals surface area contributed by atoms with Crippen LogP contribution in [-0.4, -0.2) is 142 Å². The molecule has 420 valence electrons. The molecule has 0 saturated carbocycles. The molecular formula is C58H71F5N8O7. The summed E-state index contributed by atoms with van der Waals surface area (Å²) in [5.41, 5.74) is 3.76. The van der Waals surface area contributed by atoms with Gasteiger partial charge < -0.3 is 29.2 Å². The molecule has 4 aromatic rings. The van der Waals surface area contributed by atoms with E-state index in [-0.39, 0.29) is 73.1 Å². The van der Waals surface area contributed by atoms with Crippen molar-refractivity contribution in [3.63, 3.8) is 0 Å². The molecule has 4 aliphatic rings. The molecule has 8 rings (SSSR count). The van der Waals surface area contributed by atoms with E-state index in [2.05, 4.69) is 32.5 Å². The average molecular weight is 1090 g/mol. The summed E-state index contributed by atoms with van der Waals surface area (Å²) in [4.78, 5) is 80.8. The van der Waals surface area contributed by atoms with E-state index in [0.29, 0.717) is 47.2 Å². The summed E-state index contributed by atoms with van der Waals surface area (Å²) in [5.74, 6) is 1.91. The van der Waals surface area contributed by atoms with Gasteiger partial charge in [-0.25, -0.2) is 14.2 Å². The van der Waals surface area contributed by atoms with Crippen LogP contribution in [0.3, 0.4) is 0 Å². The normalized spacial score (nSPS) is 21.1. The van der Waals surface area contributed by atoms with E-state index in [1.807, 2.05) is 27.7 Å². The fraction of sp³-hybridized carbons (Fsp3) is 0.552. The molecule has 0 aliphatic carbocycles. The molecule has 6 heterocycles. The Morgan fingerprint density at radius 2 is 1.73 bits per heavy atom. The summed E-state index contributed by atoms with van der Waals surface area (Å²) in [6, 6.07) is 8.65. The highest BCUT2D eigenvalue weighted by atomic mass is 19.4. The number of esters is 1. The third-order valence-electron chi connectivity index (χ3n) is 15.6. The minimum absolute atomic E-state index is 0.0896. The second kappa shape index (κ2) is 23.1. The lowest BCUT2D eigenvalue weighted by Gasteiger charge is -2.41. The van der Waals surface area contributed by atoms with Crippen LogP contribution in [0, 0.1) is 29.1 Å². The number of fused-ring (bicyclic) bond motifs is 6. The van der Waals surface area contributed by atoms with Gasteiger partial charge in [-0.05, 0) is 117 Å². The third kappa shape index (κ3) is 12.7. The number of nitrogens with zero attached hydrogens (tertiary/aromatic N) is 6. The number of benzene rings is 2. The number of likely N-dealkylation sites (tertiary alicyclic amines) is 2. The molecule has 15 nitrogen and oxygen atoms in total. The predicted octanol–water partition coefficient (Wildman–Crippen LogP) is 8.05. The summed E-state index contributed by atoms with van der Waals surface area (Å²) in [7, 11) is 2.97. The summed E-state index contributed by atoms with van der Waals surface area (Å²) < 4.78 is 87.4. The van der Waals surface area contributed by atoms with Gasteiger partial charge in [0.1, 0.15) is 24.7 Å². The number of ether oxygens (including phenoxy) is 2. The lowest BCUT2D eigenvalue weighted by Crippen LogP contribution is -2.62. The van der Waals surface area contributed by atoms with E-state index in [9.17, 15) is 37.1 Å². The molecule has 1 unspecified atom stereocenters. The number of pyridine rings is 1. The average Bonchev–Trinajstić information content (AvgIpc) is 4.11. The van der Waals surface area contributed by atoms with Crippen LogP contribution in [-0.2, 0) is 52.8 Å². The van der Waals surface area contributed by atoms with Crippen LogP contribution >= 0.6 is 0 Å². The first-order valence-electron chi connectivity index (χ1n) is 26.8. The van der Waals surface area contributed by atoms with E-state index in [0.717, 1.165) is 19.5 Å². The van der Waals surface area contributed by atoms with Gasteiger partial charge in [-0.2, -0.15) is 13.2 Å². The fourth-order valence-electron chi connectivity index (χ4n) is 11.2. The Morgan fingerprint density at radius 1 is 0.987 bits per heavy atom. The molecule has 0 spiro atoms. The van der Waals surface area contributed by atoms with Crippen molar-refractivity contribution in [2.45, 2.75) is 136 Å². The van der Waals surface area contributed by atoms with Crippen molar-refractivity contribution in [2.75, 3.05) is 53.5 Å². The van der Waals surface area contributed by atoms with Crippen LogP contribution in [0.4, 0.5) is 22.0 Å². The number of hydrogen-bond acceptors (Lipinski definition) is 10. The number of cyclic esters (lactones) is 1. The Hall–Kier alpha value is -6.43. The molecule has 2 aromatic carbocycles. The number of halogens is 5. The maximum absolute atomic E-state index is 15.1. The van der Waals surface area contributed by atoms with Gasteiger partial charge in [0.15, 0.2) is 0 Å². The highest BCUT2D eigenvalue weighted by Crippen LogP contribution is 2.43. The molecule has 0 radical (unpaired) electrons. The number of nitrogens with one attached hydrogen (secondary N) is 2. The number of methoxy groups -OCH3 is 1. The van der Waals surface area contributed by atoms with Crippen molar-refractivity contribution in [3.05, 3.63) is 77.1 Å². The van der Waals surface area contributed by atoms with Gasteiger partial charge in [-0.15, -0.1) is 0 Å². The number of aromatic nitrogens is 2. The number of amides is 4. The fourth-order valence-corrected chi connectivity index (χ4v) is 11.2. The lowest BCUT2D eigenvalue weighted by atomic mass is 9.84. The zero-order valence-corrected chi connectivity index (χ0v) is 45.9. The summed E-state index contributed by atoms with van der Waals surface area (Å²) in [6.07, 6.45) is -4.98. The smallest absolute Gasteiger partial charge is 0.406 e. The molecule has 4 amide bonds. The van der Waals surface area contributed by atoms with Crippen molar-refractivity contribution in [1.29, 1.82) is 0 Å². The van der Waals surface area contributed by atoms with Crippen LogP contribution in [0.1, 0.15) is 109 Å². The summed E-state index contributed by atoms with van der Waals surface area (Å²) in [5, 5.41) is 4.50. The second-order valence-corrected chi connectivity index (χ2v) is 22.9. The molecule has 78 heavy (non-hydrogen) atoms. The van der Waals surface area contributed by atoms with Crippen LogP contribution in [0.25, 0.3) is 33.3 Å². The van der Waals surface area contributed by atoms with Crippen molar-refractivity contribution < 1.29 is 55.4 Å². The van der Waals surface area contributed by atoms with Gasteiger partial charge in [0.25, 0.3) is 18.2 Å². The van der Waals surface area contributed by atoms with Crippen molar-refractivity contribution >= 4 is 40.5 Å². The van der Waals surface area contributed by atoms with E-state index in [4.69, 9.17) is 9.47 Å². The number of alkyl halides is 5. The number of carbonyl (C=O) groups excluding carboxylic acids is 5. The van der Waals surface area contributed by atoms with E-state index in [1.165, 1.54) is 57.9 Å². The maximum atomic E-state index is 15.1. The molecule has 6 bridgehead atoms. The summed E-state index contributed by atoms with van der Waals surface area (Å²) in [6.45, 7) is 13.6. The van der Waals surface area contributed by atoms with Crippen LogP contribution in [0.15, 0.2) is 54.7 Å². The zero-order chi connectivity index (χ0) is 56.6. The highest BCUT2D eigenvalue weighted by molar-refractivity contribution is 5.97. The topological polar surface area (TPSA) is 159 Å². The van der Waals surface area contributed by atoms with E-state index in [1.54, 1.807) is 51.1 Å². The zero-order valence-electron chi connectivity index (χ0n) is 45.9. The van der Waals surface area contributed by atoms with Crippen molar-refractivity contribution in [3.8, 4) is 34.2 Å². The standard InChI is InChI=1S/C58H71F5N8O7/c1-34(2)49(67(8)53(74)38-18-24-68(31-38)47(72)17-19-57(6,7)69-21-12-22-69)52(73)65-45-27-36-25-39(28-40(26-36)51(59)60)37-15-16-46-42(29-37)43(30-56(4,5)33-78-55(76)44-14-11-23-71(66-44)54(45)75)50(70(46)32-58(61,62)63)41-13-10-20-64-48(41)35(3)77-9/h10,13,15-16,20,25-26,28-29,34-35,38,44-45,49,51,66H,11-12,14,18,21-24,27,30-33H2,1-9H3,(H,65,73)/t35-,38-,44-,45-,49?/m0/s1. The molecule has 4 aliphatic heterocycles. The highest BCUT2D eigenvalue weighted by Gasteiger charge is 2.41. The number of carbonyl (C=O) groups is 5. The lowest BCUT2D eigenvalue weighted by molar-refractivity contribution is -0.155. The summed E-state index contributed by atoms with van der Waals surface area (Å²) >= 11 is 0. The van der Waals surface area contributed by atoms with Crippen molar-refractivity contribution in [1.82, 2.24) is 40.0 Å². The van der Waals surface area contributed by atoms with Gasteiger partial charge in [-0.1, -0.05) is 51.8 Å². The van der Waals surface area contributed by atoms with Gasteiger partial charge in [-0.3, -0.25) is 38.9 Å². The number of likely N-dealkylation sites (N-methyl/N-ethyl adjacent to an activating group) is 1. The van der Waals surface area contributed by atoms with Gasteiger partial charge in [0, 0.05) is 86.9 Å². The predicted molar refractivity (Wildman–Crippen MR) is 283 cm³/mol. The first kappa shape index (κ1) is 57.7. The van der Waals surface area contributed by atoms with E-state index >= 15 is 8.78 Å². The van der Waals surface area contributed by atoms with E-state index < -0.39 is 89.5 Å². The monoisotopic (exact) mass is 1090 g/mol. The Morgan fingerprint density at radius 3 is 2.40 bits per heavy atom. The molecule has 2 N–H and O–H groups in total. The minimum atomic E-state index is -4.69. The molecular weight excluding hydrogens is 1020 g/mol. The van der Waals surface area contributed by atoms with Crippen LogP contribution < -0.4 is 10.7 Å². The number of hydrogen-bond donors (Lipinski definition) is 2. The van der Waals surface area contributed by atoms with Crippen LogP contribution in [0.5, 0.6) is 0 Å². The molecule has 2 aromatic heterocycles. The molecule has 5 atom stereocenters. The molecule has 3 fully saturated rings. The Labute approximate surface area is 452 Å². The Kier molecular flexibility index (Phi) is 17.1. The van der Waals surface area contributed by atoms with Crippen molar-refractivity contribution in [2.24, 2.45) is 17.3 Å². The van der Waals surface area contributed by atoms with Gasteiger partial charge in [0.2, 0.25) is 11.8 Å². The third-order valence-corrected chi connectivity index (χ3v) is 15.6. The first-order valence-corrected chi connectivity index (χ1v) is 26.8. The number of hydrazine groups is 1. The first-order chi connectivity index (χ1) is 36.7. The largest absolute Gasteiger partial charge is 0.464 e. The maximum Gasteiger partial charge on any atom is 0.406 e. The quantitative estimate of drug-likeness (QED) is 0.0856. The molecule has 3 saturated heterocycles. The SMILES string of the molecule is CO[C@@H](C)c1ncccc1-c1c2c3cc(ccc3n1CC(F)(F)F)-c1cc(cc(C(F)F)c1)C[C@H](NC(=O)C(C(C)C)N(C)C(=O)[C@H]1CCN(C(=O)C#CC(C)(C)N3CCC3)C1)C(=O)N1CCC[C@H](N1)C(=O)OCC(C)(C)C2. The minimum Gasteiger partial charge on any atom is -0.464 e. The van der Waals surface area contributed by atoms with Gasteiger partial charge >= 0.3 is 12.1 Å². The molecule has 20 heteroatoms.